The van der Waals surface area contributed by atoms with E-state index in [2.05, 4.69) is 5.32 Å². The molecule has 208 valence electrons. The van der Waals surface area contributed by atoms with Crippen LogP contribution in [-0.4, -0.2) is 43.8 Å². The number of halogens is 3. The second-order valence-electron chi connectivity index (χ2n) is 9.39. The monoisotopic (exact) mass is 609 g/mol. The van der Waals surface area contributed by atoms with Crippen LogP contribution >= 0.6 is 34.8 Å². The van der Waals surface area contributed by atoms with Crippen LogP contribution in [0, 0.1) is 6.92 Å². The number of amides is 2. The number of rotatable bonds is 10. The SMILES string of the molecule is Cc1ccc(S(=O)(=O)N(CC(=O)N(Cc2cccc(Cl)c2)C(C)C(=O)NC(C)C)c2cccc(Cl)c2Cl)cc1. The summed E-state index contributed by atoms with van der Waals surface area (Å²) in [5, 5.41) is 3.39. The molecule has 1 atom stereocenters. The van der Waals surface area contributed by atoms with Crippen molar-refractivity contribution in [3.63, 3.8) is 0 Å². The average molecular weight is 611 g/mol. The van der Waals surface area contributed by atoms with Crippen LogP contribution in [-0.2, 0) is 26.2 Å². The maximum atomic E-state index is 13.9. The summed E-state index contributed by atoms with van der Waals surface area (Å²) in [6.07, 6.45) is 0. The van der Waals surface area contributed by atoms with Gasteiger partial charge in [-0.15, -0.1) is 0 Å². The van der Waals surface area contributed by atoms with Crippen LogP contribution < -0.4 is 9.62 Å². The molecule has 0 aliphatic carbocycles. The summed E-state index contributed by atoms with van der Waals surface area (Å²) in [6.45, 7) is 6.44. The van der Waals surface area contributed by atoms with Crippen molar-refractivity contribution in [2.45, 2.75) is 51.2 Å². The Morgan fingerprint density at radius 1 is 0.923 bits per heavy atom. The van der Waals surface area contributed by atoms with Crippen LogP contribution in [0.3, 0.4) is 0 Å². The van der Waals surface area contributed by atoms with Crippen molar-refractivity contribution in [3.8, 4) is 0 Å². The highest BCUT2D eigenvalue weighted by molar-refractivity contribution is 7.92. The minimum atomic E-state index is -4.26. The van der Waals surface area contributed by atoms with Gasteiger partial charge in [0.05, 0.1) is 20.6 Å². The molecule has 0 aliphatic rings. The third-order valence-electron chi connectivity index (χ3n) is 5.93. The first-order chi connectivity index (χ1) is 18.3. The molecule has 3 aromatic carbocycles. The minimum Gasteiger partial charge on any atom is -0.352 e. The molecule has 0 aromatic heterocycles. The number of hydrogen-bond donors (Lipinski definition) is 1. The summed E-state index contributed by atoms with van der Waals surface area (Å²) in [5.41, 5.74) is 1.59. The van der Waals surface area contributed by atoms with Gasteiger partial charge in [0.25, 0.3) is 10.0 Å². The molecule has 11 heteroatoms. The van der Waals surface area contributed by atoms with Crippen molar-refractivity contribution in [3.05, 3.63) is 92.9 Å². The number of anilines is 1. The highest BCUT2D eigenvalue weighted by Gasteiger charge is 2.33. The van der Waals surface area contributed by atoms with E-state index in [0.29, 0.717) is 10.6 Å². The van der Waals surface area contributed by atoms with Crippen LogP contribution in [0.1, 0.15) is 31.9 Å². The largest absolute Gasteiger partial charge is 0.352 e. The lowest BCUT2D eigenvalue weighted by atomic mass is 10.1. The van der Waals surface area contributed by atoms with E-state index in [0.717, 1.165) is 9.87 Å². The molecular weight excluding hydrogens is 581 g/mol. The van der Waals surface area contributed by atoms with Crippen molar-refractivity contribution < 1.29 is 18.0 Å². The number of carbonyl (C=O) groups excluding carboxylic acids is 2. The number of sulfonamides is 1. The molecule has 0 aliphatic heterocycles. The first-order valence-electron chi connectivity index (χ1n) is 12.2. The lowest BCUT2D eigenvalue weighted by Crippen LogP contribution is -2.52. The molecule has 0 radical (unpaired) electrons. The van der Waals surface area contributed by atoms with Crippen molar-refractivity contribution in [2.75, 3.05) is 10.8 Å². The lowest BCUT2D eigenvalue weighted by Gasteiger charge is -2.32. The summed E-state index contributed by atoms with van der Waals surface area (Å²) in [6, 6.07) is 16.6. The molecule has 1 unspecified atom stereocenters. The van der Waals surface area contributed by atoms with E-state index in [4.69, 9.17) is 34.8 Å². The maximum absolute atomic E-state index is 13.9. The van der Waals surface area contributed by atoms with Gasteiger partial charge in [-0.1, -0.05) is 70.7 Å². The summed E-state index contributed by atoms with van der Waals surface area (Å²) in [4.78, 5) is 28.2. The lowest BCUT2D eigenvalue weighted by molar-refractivity contribution is -0.139. The summed E-state index contributed by atoms with van der Waals surface area (Å²) in [5.74, 6) is -0.998. The predicted molar refractivity (Wildman–Crippen MR) is 157 cm³/mol. The van der Waals surface area contributed by atoms with Gasteiger partial charge in [-0.25, -0.2) is 8.42 Å². The summed E-state index contributed by atoms with van der Waals surface area (Å²) in [7, 11) is -4.26. The zero-order chi connectivity index (χ0) is 28.9. The molecule has 0 bridgehead atoms. The number of nitrogens with zero attached hydrogens (tertiary/aromatic N) is 2. The van der Waals surface area contributed by atoms with Gasteiger partial charge in [0.1, 0.15) is 12.6 Å². The Kier molecular flexibility index (Phi) is 10.3. The molecule has 0 spiro atoms. The number of nitrogens with one attached hydrogen (secondary N) is 1. The molecule has 7 nitrogen and oxygen atoms in total. The van der Waals surface area contributed by atoms with Gasteiger partial charge in [0.2, 0.25) is 11.8 Å². The van der Waals surface area contributed by atoms with Gasteiger partial charge in [0.15, 0.2) is 0 Å². The molecule has 39 heavy (non-hydrogen) atoms. The van der Waals surface area contributed by atoms with Crippen molar-refractivity contribution in [2.24, 2.45) is 0 Å². The quantitative estimate of drug-likeness (QED) is 0.301. The van der Waals surface area contributed by atoms with Crippen LogP contribution in [0.25, 0.3) is 0 Å². The number of hydrogen-bond acceptors (Lipinski definition) is 4. The van der Waals surface area contributed by atoms with Crippen molar-refractivity contribution in [1.82, 2.24) is 10.2 Å². The van der Waals surface area contributed by atoms with E-state index >= 15 is 0 Å². The van der Waals surface area contributed by atoms with Crippen molar-refractivity contribution in [1.29, 1.82) is 0 Å². The number of carbonyl (C=O) groups is 2. The first kappa shape index (κ1) is 30.8. The molecule has 0 heterocycles. The molecule has 0 saturated carbocycles. The smallest absolute Gasteiger partial charge is 0.264 e. The highest BCUT2D eigenvalue weighted by atomic mass is 35.5. The Morgan fingerprint density at radius 2 is 1.56 bits per heavy atom. The Bertz CT molecular complexity index is 1450. The second kappa shape index (κ2) is 13.0. The number of benzene rings is 3. The molecule has 3 aromatic rings. The maximum Gasteiger partial charge on any atom is 0.264 e. The summed E-state index contributed by atoms with van der Waals surface area (Å²) >= 11 is 18.8. The molecule has 2 amide bonds. The topological polar surface area (TPSA) is 86.8 Å². The standard InChI is InChI=1S/C28H30Cl3N3O4S/c1-18(2)32-28(36)20(4)33(16-21-7-5-8-22(29)15-21)26(35)17-34(25-10-6-9-24(30)27(25)31)39(37,38)23-13-11-19(3)12-14-23/h5-15,18,20H,16-17H2,1-4H3,(H,32,36). The Hall–Kier alpha value is -2.78. The summed E-state index contributed by atoms with van der Waals surface area (Å²) < 4.78 is 28.7. The van der Waals surface area contributed by atoms with Crippen LogP contribution in [0.15, 0.2) is 71.6 Å². The Morgan fingerprint density at radius 3 is 2.18 bits per heavy atom. The molecule has 1 N–H and O–H groups in total. The fourth-order valence-corrected chi connectivity index (χ4v) is 5.94. The third kappa shape index (κ3) is 7.66. The molecule has 0 fully saturated rings. The molecular formula is C28H30Cl3N3O4S. The normalized spacial score (nSPS) is 12.2. The third-order valence-corrected chi connectivity index (χ3v) is 8.75. The highest BCUT2D eigenvalue weighted by Crippen LogP contribution is 2.35. The van der Waals surface area contributed by atoms with E-state index in [1.807, 2.05) is 20.8 Å². The van der Waals surface area contributed by atoms with Gasteiger partial charge in [-0.3, -0.25) is 13.9 Å². The second-order valence-corrected chi connectivity index (χ2v) is 12.5. The minimum absolute atomic E-state index is 0.0188. The Labute approximate surface area is 244 Å². The van der Waals surface area contributed by atoms with E-state index in [1.54, 1.807) is 49.4 Å². The van der Waals surface area contributed by atoms with Crippen LogP contribution in [0.2, 0.25) is 15.1 Å². The first-order valence-corrected chi connectivity index (χ1v) is 14.8. The zero-order valence-electron chi connectivity index (χ0n) is 22.0. The number of aryl methyl sites for hydroxylation is 1. The Balaban J connectivity index is 2.08. The van der Waals surface area contributed by atoms with Crippen LogP contribution in [0.5, 0.6) is 0 Å². The fourth-order valence-electron chi connectivity index (χ4n) is 3.86. The molecule has 0 saturated heterocycles. The van der Waals surface area contributed by atoms with Gasteiger partial charge >= 0.3 is 0 Å². The van der Waals surface area contributed by atoms with Crippen molar-refractivity contribution >= 4 is 62.3 Å². The zero-order valence-corrected chi connectivity index (χ0v) is 25.1. The van der Waals surface area contributed by atoms with Gasteiger partial charge < -0.3 is 10.2 Å². The van der Waals surface area contributed by atoms with E-state index in [9.17, 15) is 18.0 Å². The van der Waals surface area contributed by atoms with Gasteiger partial charge in [-0.2, -0.15) is 0 Å². The average Bonchev–Trinajstić information content (AvgIpc) is 2.87. The van der Waals surface area contributed by atoms with Gasteiger partial charge in [0, 0.05) is 17.6 Å². The van der Waals surface area contributed by atoms with Gasteiger partial charge in [-0.05, 0) is 69.7 Å². The molecule has 3 rings (SSSR count). The van der Waals surface area contributed by atoms with Crippen LogP contribution in [0.4, 0.5) is 5.69 Å². The van der Waals surface area contributed by atoms with E-state index in [-0.39, 0.29) is 39.1 Å². The fraction of sp³-hybridized carbons (Fsp3) is 0.286. The predicted octanol–water partition coefficient (Wildman–Crippen LogP) is 6.09. The van der Waals surface area contributed by atoms with E-state index < -0.39 is 28.5 Å². The van der Waals surface area contributed by atoms with E-state index in [1.165, 1.54) is 29.2 Å².